The third kappa shape index (κ3) is 9.93. The third-order valence-electron chi connectivity index (χ3n) is 4.26. The Bertz CT molecular complexity index is 650. The van der Waals surface area contributed by atoms with E-state index in [0.717, 1.165) is 0 Å². The molecule has 0 radical (unpaired) electrons. The molecule has 10 nitrogen and oxygen atoms in total. The van der Waals surface area contributed by atoms with Gasteiger partial charge in [0.1, 0.15) is 11.4 Å². The molecule has 0 aromatic rings. The Kier molecular flexibility index (Phi) is 10.6. The van der Waals surface area contributed by atoms with Crippen LogP contribution >= 0.6 is 0 Å². The van der Waals surface area contributed by atoms with E-state index in [0.29, 0.717) is 0 Å². The molecule has 0 saturated carbocycles. The van der Waals surface area contributed by atoms with Crippen LogP contribution in [0.25, 0.3) is 0 Å². The van der Waals surface area contributed by atoms with Gasteiger partial charge in [0, 0.05) is 17.3 Å². The maximum atomic E-state index is 11.8. The molecule has 0 aromatic heterocycles. The number of ketones is 2. The van der Waals surface area contributed by atoms with Crippen molar-refractivity contribution in [2.24, 2.45) is 10.8 Å². The second kappa shape index (κ2) is 10.6. The zero-order valence-corrected chi connectivity index (χ0v) is 18.6. The van der Waals surface area contributed by atoms with Gasteiger partial charge >= 0.3 is 17.9 Å². The smallest absolute Gasteiger partial charge is 0.336 e. The van der Waals surface area contributed by atoms with Crippen molar-refractivity contribution in [1.29, 1.82) is 0 Å². The van der Waals surface area contributed by atoms with Crippen molar-refractivity contribution in [3.05, 3.63) is 0 Å². The van der Waals surface area contributed by atoms with E-state index in [1.807, 2.05) is 0 Å². The van der Waals surface area contributed by atoms with Crippen LogP contribution in [0.2, 0.25) is 0 Å². The summed E-state index contributed by atoms with van der Waals surface area (Å²) in [7, 11) is 0. The number of carbonyl (C=O) groups is 5. The fourth-order valence-electron chi connectivity index (χ4n) is 2.30. The van der Waals surface area contributed by atoms with Crippen LogP contribution < -0.4 is 0 Å². The predicted molar refractivity (Wildman–Crippen MR) is 106 cm³/mol. The summed E-state index contributed by atoms with van der Waals surface area (Å²) in [6, 6.07) is 0. The monoisotopic (exact) mass is 434 g/mol. The van der Waals surface area contributed by atoms with Gasteiger partial charge in [-0.25, -0.2) is 4.79 Å². The Morgan fingerprint density at radius 3 is 1.20 bits per heavy atom. The van der Waals surface area contributed by atoms with E-state index in [1.54, 1.807) is 27.7 Å². The van der Waals surface area contributed by atoms with Crippen LogP contribution in [0.5, 0.6) is 0 Å². The molecule has 0 aliphatic rings. The molecule has 30 heavy (non-hydrogen) atoms. The van der Waals surface area contributed by atoms with Crippen LogP contribution in [0, 0.1) is 10.8 Å². The first-order chi connectivity index (χ1) is 13.1. The molecule has 0 rings (SSSR count). The van der Waals surface area contributed by atoms with Crippen molar-refractivity contribution in [3.63, 3.8) is 0 Å². The number of hydrogen-bond acceptors (Lipinski definition) is 7. The lowest BCUT2D eigenvalue weighted by molar-refractivity contribution is -0.162. The van der Waals surface area contributed by atoms with Gasteiger partial charge in [-0.2, -0.15) is 0 Å². The van der Waals surface area contributed by atoms with E-state index < -0.39 is 58.6 Å². The molecule has 0 bridgehead atoms. The van der Waals surface area contributed by atoms with E-state index in [2.05, 4.69) is 0 Å². The fourth-order valence-corrected chi connectivity index (χ4v) is 2.30. The number of hydrogen-bond donors (Lipinski definition) is 5. The molecule has 0 amide bonds. The molecule has 1 atom stereocenters. The summed E-state index contributed by atoms with van der Waals surface area (Å²) in [5.74, 6) is -5.20. The molecule has 0 aliphatic carbocycles. The lowest BCUT2D eigenvalue weighted by Gasteiger charge is -2.30. The van der Waals surface area contributed by atoms with Gasteiger partial charge in [-0.3, -0.25) is 19.2 Å². The second-order valence-electron chi connectivity index (χ2n) is 9.29. The van der Waals surface area contributed by atoms with E-state index in [4.69, 9.17) is 15.3 Å². The highest BCUT2D eigenvalue weighted by molar-refractivity contribution is 5.97. The van der Waals surface area contributed by atoms with E-state index >= 15 is 0 Å². The zero-order valence-electron chi connectivity index (χ0n) is 18.6. The highest BCUT2D eigenvalue weighted by Gasteiger charge is 2.45. The Labute approximate surface area is 175 Å². The number of aliphatic carboxylic acids is 3. The Balaban J connectivity index is 0. The van der Waals surface area contributed by atoms with Gasteiger partial charge in [-0.05, 0) is 6.42 Å². The van der Waals surface area contributed by atoms with Crippen molar-refractivity contribution in [3.8, 4) is 0 Å². The lowest BCUT2D eigenvalue weighted by Crippen LogP contribution is -2.48. The maximum Gasteiger partial charge on any atom is 0.336 e. The number of Topliss-reactive ketones (excluding diaryl/α,β-unsaturated/α-hetero) is 2. The average molecular weight is 434 g/mol. The summed E-state index contributed by atoms with van der Waals surface area (Å²) in [5.41, 5.74) is -5.88. The summed E-state index contributed by atoms with van der Waals surface area (Å²) in [6.07, 6.45) is -2.11. The normalized spacial score (nSPS) is 14.0. The molecular formula is C20H34O10. The van der Waals surface area contributed by atoms with Crippen molar-refractivity contribution in [2.45, 2.75) is 85.4 Å². The first kappa shape index (κ1) is 29.9. The molecule has 0 fully saturated rings. The minimum absolute atomic E-state index is 0.0319. The Morgan fingerprint density at radius 1 is 0.633 bits per heavy atom. The Hall–Kier alpha value is -2.33. The SMILES string of the molecule is CC(C)(C)C(=O)C(O)(CC(=O)O)CC(=O)O.CCC(O)(CC(=O)C(C)(C)C)C(=O)O. The maximum absolute atomic E-state index is 11.8. The summed E-state index contributed by atoms with van der Waals surface area (Å²) in [6.45, 7) is 11.1. The minimum Gasteiger partial charge on any atom is -0.481 e. The fraction of sp³-hybridized carbons (Fsp3) is 0.750. The number of rotatable bonds is 9. The number of carboxylic acids is 3. The molecule has 5 N–H and O–H groups in total. The molecule has 0 aliphatic heterocycles. The summed E-state index contributed by atoms with van der Waals surface area (Å²) in [5, 5.41) is 45.3. The van der Waals surface area contributed by atoms with Crippen LogP contribution in [0.15, 0.2) is 0 Å². The predicted octanol–water partition coefficient (Wildman–Crippen LogP) is 1.50. The van der Waals surface area contributed by atoms with Crippen LogP contribution in [-0.2, 0) is 24.0 Å². The number of carbonyl (C=O) groups excluding carboxylic acids is 2. The van der Waals surface area contributed by atoms with Crippen LogP contribution in [0.1, 0.15) is 74.1 Å². The highest BCUT2D eigenvalue weighted by atomic mass is 16.4. The highest BCUT2D eigenvalue weighted by Crippen LogP contribution is 2.28. The van der Waals surface area contributed by atoms with Crippen LogP contribution in [0.4, 0.5) is 0 Å². The summed E-state index contributed by atoms with van der Waals surface area (Å²) < 4.78 is 0. The quantitative estimate of drug-likeness (QED) is 0.356. The molecule has 10 heteroatoms. The number of carboxylic acid groups (broad SMARTS) is 3. The third-order valence-corrected chi connectivity index (χ3v) is 4.26. The van der Waals surface area contributed by atoms with E-state index in [-0.39, 0.29) is 18.6 Å². The number of aliphatic hydroxyl groups is 2. The van der Waals surface area contributed by atoms with Gasteiger partial charge < -0.3 is 25.5 Å². The second-order valence-corrected chi connectivity index (χ2v) is 9.29. The molecule has 0 aromatic carbocycles. The molecule has 0 saturated heterocycles. The molecule has 1 unspecified atom stereocenters. The van der Waals surface area contributed by atoms with Gasteiger partial charge in [0.05, 0.1) is 12.8 Å². The molecule has 0 heterocycles. The standard InChI is InChI=1S/C10H16O6.C10H18O4/c1-9(2,3)8(15)10(16,4-6(11)12)5-7(13)14;1-5-10(14,8(12)13)6-7(11)9(2,3)4/h16H,4-5H2,1-3H3,(H,11,12)(H,13,14);14H,5-6H2,1-4H3,(H,12,13). The zero-order chi connectivity index (χ0) is 24.7. The van der Waals surface area contributed by atoms with Crippen molar-refractivity contribution >= 4 is 29.5 Å². The first-order valence-electron chi connectivity index (χ1n) is 9.32. The molecule has 174 valence electrons. The van der Waals surface area contributed by atoms with Crippen LogP contribution in [-0.4, -0.2) is 66.2 Å². The van der Waals surface area contributed by atoms with Gasteiger partial charge in [0.15, 0.2) is 11.4 Å². The molecule has 0 spiro atoms. The topological polar surface area (TPSA) is 186 Å². The van der Waals surface area contributed by atoms with Gasteiger partial charge in [0.2, 0.25) is 0 Å². The van der Waals surface area contributed by atoms with E-state index in [9.17, 15) is 34.2 Å². The lowest BCUT2D eigenvalue weighted by atomic mass is 9.77. The van der Waals surface area contributed by atoms with E-state index in [1.165, 1.54) is 20.8 Å². The van der Waals surface area contributed by atoms with Crippen LogP contribution in [0.3, 0.4) is 0 Å². The van der Waals surface area contributed by atoms with Crippen molar-refractivity contribution < 1.29 is 49.5 Å². The van der Waals surface area contributed by atoms with Crippen molar-refractivity contribution in [2.75, 3.05) is 0 Å². The molecular weight excluding hydrogens is 400 g/mol. The average Bonchev–Trinajstić information content (AvgIpc) is 2.50. The van der Waals surface area contributed by atoms with Gasteiger partial charge in [-0.15, -0.1) is 0 Å². The summed E-state index contributed by atoms with van der Waals surface area (Å²) in [4.78, 5) is 55.1. The van der Waals surface area contributed by atoms with Gasteiger partial charge in [0.25, 0.3) is 0 Å². The van der Waals surface area contributed by atoms with Gasteiger partial charge in [-0.1, -0.05) is 48.5 Å². The van der Waals surface area contributed by atoms with Crippen molar-refractivity contribution in [1.82, 2.24) is 0 Å². The Morgan fingerprint density at radius 2 is 1.00 bits per heavy atom. The largest absolute Gasteiger partial charge is 0.481 e. The summed E-state index contributed by atoms with van der Waals surface area (Å²) >= 11 is 0. The first-order valence-corrected chi connectivity index (χ1v) is 9.32. The minimum atomic E-state index is -2.35.